The van der Waals surface area contributed by atoms with Crippen LogP contribution < -0.4 is 10.6 Å². The Labute approximate surface area is 147 Å². The molecule has 0 unspecified atom stereocenters. The molecule has 0 aliphatic rings. The summed E-state index contributed by atoms with van der Waals surface area (Å²) in [6.07, 6.45) is 5.32. The molecule has 1 heterocycles. The van der Waals surface area contributed by atoms with Gasteiger partial charge in [-0.2, -0.15) is 0 Å². The van der Waals surface area contributed by atoms with Crippen LogP contribution in [0.25, 0.3) is 0 Å². The Bertz CT molecular complexity index is 344. The molecule has 0 amide bonds. The van der Waals surface area contributed by atoms with E-state index in [1.165, 1.54) is 12.8 Å². The first-order valence-corrected chi connectivity index (χ1v) is 8.77. The van der Waals surface area contributed by atoms with Crippen molar-refractivity contribution in [3.05, 3.63) is 11.6 Å². The quantitative estimate of drug-likeness (QED) is 0.208. The van der Waals surface area contributed by atoms with Crippen LogP contribution >= 0.6 is 47.1 Å². The van der Waals surface area contributed by atoms with Crippen molar-refractivity contribution in [1.82, 2.24) is 15.6 Å². The van der Waals surface area contributed by atoms with Crippen LogP contribution in [-0.2, 0) is 0 Å². The lowest BCUT2D eigenvalue weighted by atomic mass is 10.3. The van der Waals surface area contributed by atoms with Crippen LogP contribution in [0.1, 0.15) is 33.1 Å². The molecule has 0 saturated carbocycles. The molecule has 0 aromatic carbocycles. The van der Waals surface area contributed by atoms with Gasteiger partial charge in [0.15, 0.2) is 5.96 Å². The average molecular weight is 428 g/mol. The normalized spacial score (nSPS) is 11.0. The van der Waals surface area contributed by atoms with Crippen molar-refractivity contribution < 1.29 is 0 Å². The first-order valence-electron chi connectivity index (χ1n) is 6.91. The zero-order valence-electron chi connectivity index (χ0n) is 12.2. The van der Waals surface area contributed by atoms with E-state index in [0.29, 0.717) is 0 Å². The number of nitrogens with zero attached hydrogens (tertiary/aromatic N) is 2. The lowest BCUT2D eigenvalue weighted by Gasteiger charge is -2.10. The zero-order chi connectivity index (χ0) is 13.8. The van der Waals surface area contributed by atoms with Crippen molar-refractivity contribution in [2.45, 2.75) is 37.4 Å². The van der Waals surface area contributed by atoms with E-state index in [-0.39, 0.29) is 24.0 Å². The molecule has 0 radical (unpaired) electrons. The molecule has 20 heavy (non-hydrogen) atoms. The average Bonchev–Trinajstić information content (AvgIpc) is 2.91. The minimum Gasteiger partial charge on any atom is -0.357 e. The first-order chi connectivity index (χ1) is 9.36. The number of unbranched alkanes of at least 4 members (excludes halogenated alkanes) is 1. The Morgan fingerprint density at radius 3 is 2.85 bits per heavy atom. The molecule has 0 spiro atoms. The van der Waals surface area contributed by atoms with E-state index in [4.69, 9.17) is 0 Å². The summed E-state index contributed by atoms with van der Waals surface area (Å²) in [7, 11) is 0. The molecule has 0 fully saturated rings. The molecular formula is C13H25IN4S2. The number of thioether (sulfide) groups is 1. The number of halogens is 1. The van der Waals surface area contributed by atoms with Gasteiger partial charge in [0.2, 0.25) is 0 Å². The number of rotatable bonds is 9. The van der Waals surface area contributed by atoms with Crippen LogP contribution in [0.4, 0.5) is 0 Å². The minimum atomic E-state index is 0. The van der Waals surface area contributed by atoms with Crippen LogP contribution in [-0.4, -0.2) is 36.3 Å². The van der Waals surface area contributed by atoms with Gasteiger partial charge in [0.1, 0.15) is 4.34 Å². The molecule has 1 rings (SSSR count). The fourth-order valence-corrected chi connectivity index (χ4v) is 3.05. The Hall–Kier alpha value is -0.0200. The summed E-state index contributed by atoms with van der Waals surface area (Å²) in [6.45, 7) is 7.05. The second-order valence-electron chi connectivity index (χ2n) is 4.04. The highest BCUT2D eigenvalue weighted by Gasteiger charge is 1.97. The second kappa shape index (κ2) is 13.9. The largest absolute Gasteiger partial charge is 0.357 e. The highest BCUT2D eigenvalue weighted by molar-refractivity contribution is 14.0. The number of thiazole rings is 1. The summed E-state index contributed by atoms with van der Waals surface area (Å²) in [5.41, 5.74) is 0. The van der Waals surface area contributed by atoms with Crippen molar-refractivity contribution in [2.75, 3.05) is 25.4 Å². The predicted octanol–water partition coefficient (Wildman–Crippen LogP) is 3.60. The summed E-state index contributed by atoms with van der Waals surface area (Å²) < 4.78 is 1.15. The number of hydrogen-bond donors (Lipinski definition) is 2. The van der Waals surface area contributed by atoms with Gasteiger partial charge in [-0.05, 0) is 19.8 Å². The van der Waals surface area contributed by atoms with Crippen LogP contribution in [0, 0.1) is 0 Å². The fourth-order valence-electron chi connectivity index (χ4n) is 1.42. The van der Waals surface area contributed by atoms with Gasteiger partial charge in [-0.15, -0.1) is 35.3 Å². The molecule has 0 saturated heterocycles. The van der Waals surface area contributed by atoms with Crippen LogP contribution in [0.5, 0.6) is 0 Å². The van der Waals surface area contributed by atoms with Crippen LogP contribution in [0.2, 0.25) is 0 Å². The minimum absolute atomic E-state index is 0. The van der Waals surface area contributed by atoms with E-state index in [2.05, 4.69) is 34.5 Å². The molecule has 0 bridgehead atoms. The molecular weight excluding hydrogens is 403 g/mol. The third-order valence-electron chi connectivity index (χ3n) is 2.37. The highest BCUT2D eigenvalue weighted by atomic mass is 127. The number of aromatic nitrogens is 1. The molecule has 1 aromatic rings. The van der Waals surface area contributed by atoms with Gasteiger partial charge in [0.25, 0.3) is 0 Å². The molecule has 1 aromatic heterocycles. The number of nitrogens with one attached hydrogen (secondary N) is 2. The van der Waals surface area contributed by atoms with E-state index in [1.807, 2.05) is 23.3 Å². The van der Waals surface area contributed by atoms with Crippen LogP contribution in [0.3, 0.4) is 0 Å². The monoisotopic (exact) mass is 428 g/mol. The van der Waals surface area contributed by atoms with E-state index < -0.39 is 0 Å². The van der Waals surface area contributed by atoms with Crippen LogP contribution in [0.15, 0.2) is 20.9 Å². The van der Waals surface area contributed by atoms with Gasteiger partial charge in [0.05, 0.1) is 0 Å². The molecule has 0 aliphatic heterocycles. The van der Waals surface area contributed by atoms with Crippen molar-refractivity contribution >= 4 is 53.0 Å². The third kappa shape index (κ3) is 9.82. The van der Waals surface area contributed by atoms with Crippen molar-refractivity contribution in [1.29, 1.82) is 0 Å². The predicted molar refractivity (Wildman–Crippen MR) is 102 cm³/mol. The van der Waals surface area contributed by atoms with E-state index in [1.54, 1.807) is 11.3 Å². The Balaban J connectivity index is 0.00000361. The smallest absolute Gasteiger partial charge is 0.191 e. The topological polar surface area (TPSA) is 49.3 Å². The molecule has 0 aliphatic carbocycles. The molecule has 7 heteroatoms. The van der Waals surface area contributed by atoms with Crippen molar-refractivity contribution in [3.8, 4) is 0 Å². The Morgan fingerprint density at radius 2 is 2.20 bits per heavy atom. The summed E-state index contributed by atoms with van der Waals surface area (Å²) in [5.74, 6) is 2.01. The molecule has 0 atom stereocenters. The molecule has 4 nitrogen and oxygen atoms in total. The summed E-state index contributed by atoms with van der Waals surface area (Å²) in [6, 6.07) is 0. The molecule has 2 N–H and O–H groups in total. The highest BCUT2D eigenvalue weighted by Crippen LogP contribution is 2.20. The number of aliphatic imine (C=N–C) groups is 1. The van der Waals surface area contributed by atoms with Gasteiger partial charge < -0.3 is 10.6 Å². The first kappa shape index (κ1) is 20.0. The summed E-state index contributed by atoms with van der Waals surface area (Å²) in [5, 5.41) is 8.63. The van der Waals surface area contributed by atoms with Gasteiger partial charge >= 0.3 is 0 Å². The number of guanidine groups is 1. The zero-order valence-corrected chi connectivity index (χ0v) is 16.2. The Morgan fingerprint density at radius 1 is 1.35 bits per heavy atom. The maximum Gasteiger partial charge on any atom is 0.191 e. The standard InChI is InChI=1S/C13H24N4S2.HI/c1-3-5-7-15-12(14-4-2)16-8-6-10-18-13-17-9-11-19-13;/h9,11H,3-8,10H2,1-2H3,(H2,14,15,16);1H. The van der Waals surface area contributed by atoms with Gasteiger partial charge in [-0.3, -0.25) is 4.99 Å². The van der Waals surface area contributed by atoms with E-state index in [0.717, 1.165) is 42.1 Å². The second-order valence-corrected chi connectivity index (χ2v) is 6.28. The third-order valence-corrected chi connectivity index (χ3v) is 4.43. The van der Waals surface area contributed by atoms with Gasteiger partial charge in [-0.25, -0.2) is 4.98 Å². The lowest BCUT2D eigenvalue weighted by Crippen LogP contribution is -2.37. The maximum atomic E-state index is 4.57. The summed E-state index contributed by atoms with van der Waals surface area (Å²) >= 11 is 3.51. The van der Waals surface area contributed by atoms with Crippen molar-refractivity contribution in [3.63, 3.8) is 0 Å². The summed E-state index contributed by atoms with van der Waals surface area (Å²) in [4.78, 5) is 8.82. The fraction of sp³-hybridized carbons (Fsp3) is 0.692. The maximum absolute atomic E-state index is 4.57. The number of hydrogen-bond acceptors (Lipinski definition) is 4. The molecule has 116 valence electrons. The SMILES string of the molecule is CCCCNC(=NCCCSc1nccs1)NCC.I. The Kier molecular flexibility index (Phi) is 13.9. The van der Waals surface area contributed by atoms with E-state index >= 15 is 0 Å². The van der Waals surface area contributed by atoms with Gasteiger partial charge in [0, 0.05) is 37.0 Å². The lowest BCUT2D eigenvalue weighted by molar-refractivity contribution is 0.729. The van der Waals surface area contributed by atoms with Gasteiger partial charge in [-0.1, -0.05) is 25.1 Å². The van der Waals surface area contributed by atoms with E-state index in [9.17, 15) is 0 Å². The van der Waals surface area contributed by atoms with Crippen molar-refractivity contribution in [2.24, 2.45) is 4.99 Å².